The van der Waals surface area contributed by atoms with Crippen LogP contribution in [-0.2, 0) is 24.0 Å². The molecule has 0 spiro atoms. The van der Waals surface area contributed by atoms with Gasteiger partial charge in [-0.25, -0.2) is 4.79 Å². The van der Waals surface area contributed by atoms with Crippen LogP contribution in [0.5, 0.6) is 0 Å². The fraction of sp³-hybridized carbons (Fsp3) is 0.706. The Morgan fingerprint density at radius 3 is 1.77 bits per heavy atom. The van der Waals surface area contributed by atoms with E-state index in [2.05, 4.69) is 16.0 Å². The van der Waals surface area contributed by atoms with Gasteiger partial charge in [0.15, 0.2) is 0 Å². The van der Waals surface area contributed by atoms with Crippen molar-refractivity contribution in [3.05, 3.63) is 0 Å². The number of rotatable bonds is 14. The Labute approximate surface area is 173 Å². The normalized spacial score (nSPS) is 14.9. The SMILES string of the molecule is CC(C)CC(NC(=O)C(CO)NC(=O)C(N)CO)C(=O)NC(CCC(N)=O)C(=O)O. The monoisotopic (exact) mass is 433 g/mol. The van der Waals surface area contributed by atoms with Gasteiger partial charge in [-0.2, -0.15) is 0 Å². The Hall–Kier alpha value is -2.77. The molecule has 0 fully saturated rings. The number of carboxylic acid groups (broad SMARTS) is 1. The van der Waals surface area contributed by atoms with Crippen molar-refractivity contribution < 1.29 is 39.3 Å². The average molecular weight is 433 g/mol. The smallest absolute Gasteiger partial charge is 0.326 e. The molecule has 30 heavy (non-hydrogen) atoms. The summed E-state index contributed by atoms with van der Waals surface area (Å²) in [5.41, 5.74) is 10.3. The maximum absolute atomic E-state index is 12.6. The van der Waals surface area contributed by atoms with Gasteiger partial charge in [-0.1, -0.05) is 13.8 Å². The predicted molar refractivity (Wildman–Crippen MR) is 103 cm³/mol. The van der Waals surface area contributed by atoms with E-state index in [1.165, 1.54) is 0 Å². The molecular weight excluding hydrogens is 402 g/mol. The van der Waals surface area contributed by atoms with Crippen molar-refractivity contribution in [2.45, 2.75) is 57.3 Å². The molecule has 10 N–H and O–H groups in total. The molecule has 4 amide bonds. The lowest BCUT2D eigenvalue weighted by molar-refractivity contribution is -0.142. The van der Waals surface area contributed by atoms with Crippen LogP contribution in [-0.4, -0.2) is 82.3 Å². The minimum atomic E-state index is -1.44. The highest BCUT2D eigenvalue weighted by molar-refractivity contribution is 5.94. The summed E-state index contributed by atoms with van der Waals surface area (Å²) in [7, 11) is 0. The molecule has 0 aliphatic rings. The zero-order valence-electron chi connectivity index (χ0n) is 17.0. The van der Waals surface area contributed by atoms with Crippen LogP contribution in [0.2, 0.25) is 0 Å². The number of nitrogens with two attached hydrogens (primary N) is 2. The minimum absolute atomic E-state index is 0.0834. The molecular formula is C17H31N5O8. The van der Waals surface area contributed by atoms with E-state index in [-0.39, 0.29) is 25.2 Å². The summed E-state index contributed by atoms with van der Waals surface area (Å²) in [5, 5.41) is 34.2. The summed E-state index contributed by atoms with van der Waals surface area (Å²) >= 11 is 0. The lowest BCUT2D eigenvalue weighted by Crippen LogP contribution is -2.58. The van der Waals surface area contributed by atoms with Crippen molar-refractivity contribution in [3.8, 4) is 0 Å². The fourth-order valence-corrected chi connectivity index (χ4v) is 2.35. The van der Waals surface area contributed by atoms with Crippen LogP contribution >= 0.6 is 0 Å². The number of carbonyl (C=O) groups is 5. The maximum Gasteiger partial charge on any atom is 0.326 e. The molecule has 13 nitrogen and oxygen atoms in total. The highest BCUT2D eigenvalue weighted by atomic mass is 16.4. The number of aliphatic hydroxyl groups is 2. The van der Waals surface area contributed by atoms with Crippen molar-refractivity contribution >= 4 is 29.6 Å². The second-order valence-electron chi connectivity index (χ2n) is 7.13. The third kappa shape index (κ3) is 10.1. The summed E-state index contributed by atoms with van der Waals surface area (Å²) in [6.45, 7) is 2.05. The standard InChI is InChI=1S/C17H31N5O8/c1-8(2)5-11(15(27)20-10(17(29)30)3-4-13(19)25)21-16(28)12(7-24)22-14(26)9(18)6-23/h8-12,23-24H,3-7,18H2,1-2H3,(H2,19,25)(H,20,27)(H,21,28)(H,22,26)(H,29,30). The number of carboxylic acids is 1. The molecule has 0 rings (SSSR count). The highest BCUT2D eigenvalue weighted by Crippen LogP contribution is 2.07. The van der Waals surface area contributed by atoms with Gasteiger partial charge in [0.25, 0.3) is 0 Å². The van der Waals surface area contributed by atoms with Crippen molar-refractivity contribution in [2.24, 2.45) is 17.4 Å². The first kappa shape index (κ1) is 27.2. The van der Waals surface area contributed by atoms with Gasteiger partial charge in [-0.15, -0.1) is 0 Å². The van der Waals surface area contributed by atoms with Gasteiger partial charge in [0, 0.05) is 6.42 Å². The van der Waals surface area contributed by atoms with E-state index in [1.54, 1.807) is 13.8 Å². The molecule has 4 atom stereocenters. The van der Waals surface area contributed by atoms with E-state index in [1.807, 2.05) is 0 Å². The topological polar surface area (TPSA) is 234 Å². The number of primary amides is 1. The second-order valence-corrected chi connectivity index (χ2v) is 7.13. The Morgan fingerprint density at radius 1 is 0.833 bits per heavy atom. The van der Waals surface area contributed by atoms with E-state index in [0.717, 1.165) is 0 Å². The first-order chi connectivity index (χ1) is 13.9. The van der Waals surface area contributed by atoms with Crippen LogP contribution < -0.4 is 27.4 Å². The lowest BCUT2D eigenvalue weighted by atomic mass is 10.0. The molecule has 4 unspecified atom stereocenters. The first-order valence-electron chi connectivity index (χ1n) is 9.32. The van der Waals surface area contributed by atoms with Crippen LogP contribution in [0.15, 0.2) is 0 Å². The molecule has 0 bridgehead atoms. The van der Waals surface area contributed by atoms with E-state index in [4.69, 9.17) is 16.6 Å². The zero-order valence-corrected chi connectivity index (χ0v) is 17.0. The Kier molecular flexibility index (Phi) is 12.2. The van der Waals surface area contributed by atoms with E-state index in [9.17, 15) is 34.2 Å². The molecule has 0 saturated carbocycles. The molecule has 0 aliphatic heterocycles. The minimum Gasteiger partial charge on any atom is -0.480 e. The Morgan fingerprint density at radius 2 is 1.33 bits per heavy atom. The van der Waals surface area contributed by atoms with Gasteiger partial charge in [-0.05, 0) is 18.8 Å². The first-order valence-corrected chi connectivity index (χ1v) is 9.32. The molecule has 0 aromatic heterocycles. The van der Waals surface area contributed by atoms with Crippen LogP contribution in [0.1, 0.15) is 33.1 Å². The quantitative estimate of drug-likeness (QED) is 0.134. The van der Waals surface area contributed by atoms with Gasteiger partial charge >= 0.3 is 5.97 Å². The number of carbonyl (C=O) groups excluding carboxylic acids is 4. The summed E-state index contributed by atoms with van der Waals surface area (Å²) in [6, 6.07) is -5.32. The van der Waals surface area contributed by atoms with Crippen LogP contribution in [0.25, 0.3) is 0 Å². The van der Waals surface area contributed by atoms with Crippen LogP contribution in [0.3, 0.4) is 0 Å². The third-order valence-electron chi connectivity index (χ3n) is 3.98. The van der Waals surface area contributed by atoms with E-state index in [0.29, 0.717) is 0 Å². The Bertz CT molecular complexity index is 627. The highest BCUT2D eigenvalue weighted by Gasteiger charge is 2.30. The third-order valence-corrected chi connectivity index (χ3v) is 3.98. The van der Waals surface area contributed by atoms with Crippen LogP contribution in [0, 0.1) is 5.92 Å². The molecule has 13 heteroatoms. The number of nitrogens with one attached hydrogen (secondary N) is 3. The largest absolute Gasteiger partial charge is 0.480 e. The van der Waals surface area contributed by atoms with Gasteiger partial charge in [0.1, 0.15) is 24.2 Å². The number of aliphatic carboxylic acids is 1. The second kappa shape index (κ2) is 13.5. The van der Waals surface area contributed by atoms with Gasteiger partial charge in [0.2, 0.25) is 23.6 Å². The predicted octanol–water partition coefficient (Wildman–Crippen LogP) is -3.85. The van der Waals surface area contributed by atoms with Crippen molar-refractivity contribution in [2.75, 3.05) is 13.2 Å². The maximum atomic E-state index is 12.6. The van der Waals surface area contributed by atoms with Crippen molar-refractivity contribution in [3.63, 3.8) is 0 Å². The summed E-state index contributed by atoms with van der Waals surface area (Å²) < 4.78 is 0. The summed E-state index contributed by atoms with van der Waals surface area (Å²) in [6.07, 6.45) is -0.364. The summed E-state index contributed by atoms with van der Waals surface area (Å²) in [4.78, 5) is 58.9. The van der Waals surface area contributed by atoms with Gasteiger partial charge < -0.3 is 42.7 Å². The van der Waals surface area contributed by atoms with Crippen molar-refractivity contribution in [1.29, 1.82) is 0 Å². The molecule has 0 aromatic carbocycles. The average Bonchev–Trinajstić information content (AvgIpc) is 2.66. The zero-order chi connectivity index (χ0) is 23.4. The van der Waals surface area contributed by atoms with Crippen molar-refractivity contribution in [1.82, 2.24) is 16.0 Å². The van der Waals surface area contributed by atoms with Crippen LogP contribution in [0.4, 0.5) is 0 Å². The molecule has 0 aliphatic carbocycles. The molecule has 0 heterocycles. The molecule has 0 aromatic rings. The number of aliphatic hydroxyl groups excluding tert-OH is 2. The van der Waals surface area contributed by atoms with E-state index >= 15 is 0 Å². The number of amides is 4. The summed E-state index contributed by atoms with van der Waals surface area (Å²) in [5.74, 6) is -4.79. The number of hydrogen-bond acceptors (Lipinski definition) is 8. The molecule has 0 radical (unpaired) electrons. The fourth-order valence-electron chi connectivity index (χ4n) is 2.35. The molecule has 0 saturated heterocycles. The van der Waals surface area contributed by atoms with Gasteiger partial charge in [0.05, 0.1) is 13.2 Å². The van der Waals surface area contributed by atoms with E-state index < -0.39 is 67.0 Å². The lowest BCUT2D eigenvalue weighted by Gasteiger charge is -2.25. The Balaban J connectivity index is 5.25. The van der Waals surface area contributed by atoms with Gasteiger partial charge in [-0.3, -0.25) is 19.2 Å². The number of hydrogen-bond donors (Lipinski definition) is 8. The molecule has 172 valence electrons.